The fourth-order valence-corrected chi connectivity index (χ4v) is 0.922. The summed E-state index contributed by atoms with van der Waals surface area (Å²) in [6.45, 7) is 0. The van der Waals surface area contributed by atoms with E-state index < -0.39 is 0 Å². The van der Waals surface area contributed by atoms with Gasteiger partial charge in [0.15, 0.2) is 0 Å². The normalized spacial score (nSPS) is 11.5. The Hall–Kier alpha value is -1.02. The van der Waals surface area contributed by atoms with Crippen molar-refractivity contribution < 1.29 is 0 Å². The van der Waals surface area contributed by atoms with Gasteiger partial charge in [-0.25, -0.2) is 0 Å². The van der Waals surface area contributed by atoms with Gasteiger partial charge in [-0.05, 0) is 12.1 Å². The maximum absolute atomic E-state index is 5.56. The highest BCUT2D eigenvalue weighted by atomic mass is 15.3. The van der Waals surface area contributed by atoms with Gasteiger partial charge in [0, 0.05) is 17.8 Å². The van der Waals surface area contributed by atoms with Gasteiger partial charge in [-0.15, -0.1) is 0 Å². The molecule has 11 heavy (non-hydrogen) atoms. The molecule has 0 aromatic heterocycles. The van der Waals surface area contributed by atoms with Crippen LogP contribution in [0.5, 0.6) is 0 Å². The van der Waals surface area contributed by atoms with Gasteiger partial charge in [-0.2, -0.15) is 0 Å². The first-order valence-corrected chi connectivity index (χ1v) is 3.68. The molecular weight excluding hydrogens is 136 g/mol. The molecule has 2 nitrogen and oxygen atoms in total. The molecule has 0 aliphatic rings. The molecule has 2 N–H and O–H groups in total. The largest absolute Gasteiger partial charge is 0.399 e. The molecule has 0 radical (unpaired) electrons. The number of nitrogens with zero attached hydrogens (tertiary/aromatic N) is 1. The lowest BCUT2D eigenvalue weighted by Gasteiger charge is -2.23. The SMILES string of the molecule is C[N+](C)(C)c1ccc(N)cc1. The summed E-state index contributed by atoms with van der Waals surface area (Å²) in [7, 11) is 6.39. The number of nitrogens with two attached hydrogens (primary N) is 1. The first kappa shape index (κ1) is 8.08. The average molecular weight is 151 g/mol. The first-order valence-electron chi connectivity index (χ1n) is 3.68. The highest BCUT2D eigenvalue weighted by molar-refractivity contribution is 5.49. The van der Waals surface area contributed by atoms with E-state index in [1.165, 1.54) is 5.69 Å². The van der Waals surface area contributed by atoms with Crippen molar-refractivity contribution >= 4 is 11.4 Å². The van der Waals surface area contributed by atoms with Crippen molar-refractivity contribution in [2.75, 3.05) is 26.9 Å². The minimum absolute atomic E-state index is 0.821. The number of hydrogen-bond donors (Lipinski definition) is 1. The predicted octanol–water partition coefficient (Wildman–Crippen LogP) is 1.47. The summed E-state index contributed by atoms with van der Waals surface area (Å²) in [5.41, 5.74) is 7.65. The van der Waals surface area contributed by atoms with Crippen molar-refractivity contribution in [2.24, 2.45) is 0 Å². The molecular formula is C9H15N2+. The van der Waals surface area contributed by atoms with E-state index >= 15 is 0 Å². The minimum atomic E-state index is 0.821. The second-order valence-corrected chi connectivity index (χ2v) is 3.60. The second kappa shape index (κ2) is 2.55. The fraction of sp³-hybridized carbons (Fsp3) is 0.333. The molecule has 1 aromatic carbocycles. The van der Waals surface area contributed by atoms with Gasteiger partial charge in [0.2, 0.25) is 0 Å². The summed E-state index contributed by atoms with van der Waals surface area (Å²) < 4.78 is 0.834. The Balaban J connectivity index is 2.99. The maximum atomic E-state index is 5.56. The van der Waals surface area contributed by atoms with Crippen LogP contribution < -0.4 is 10.2 Å². The first-order chi connectivity index (χ1) is 5.00. The quantitative estimate of drug-likeness (QED) is 0.477. The third-order valence-corrected chi connectivity index (χ3v) is 1.67. The van der Waals surface area contributed by atoms with Crippen LogP contribution in [0.4, 0.5) is 11.4 Å². The molecule has 0 heterocycles. The zero-order valence-electron chi connectivity index (χ0n) is 7.33. The predicted molar refractivity (Wildman–Crippen MR) is 50.4 cm³/mol. The molecule has 0 unspecified atom stereocenters. The van der Waals surface area contributed by atoms with Crippen LogP contribution in [0.25, 0.3) is 0 Å². The van der Waals surface area contributed by atoms with Crippen LogP contribution in [0.15, 0.2) is 24.3 Å². The molecule has 0 saturated heterocycles. The van der Waals surface area contributed by atoms with Crippen LogP contribution in [0, 0.1) is 0 Å². The summed E-state index contributed by atoms with van der Waals surface area (Å²) in [6, 6.07) is 7.96. The third-order valence-electron chi connectivity index (χ3n) is 1.67. The zero-order chi connectivity index (χ0) is 8.48. The van der Waals surface area contributed by atoms with E-state index in [9.17, 15) is 0 Å². The molecule has 60 valence electrons. The van der Waals surface area contributed by atoms with Crippen molar-refractivity contribution in [1.82, 2.24) is 4.48 Å². The van der Waals surface area contributed by atoms with Gasteiger partial charge < -0.3 is 5.73 Å². The number of anilines is 1. The summed E-state index contributed by atoms with van der Waals surface area (Å²) in [4.78, 5) is 0. The lowest BCUT2D eigenvalue weighted by Crippen LogP contribution is -2.34. The van der Waals surface area contributed by atoms with E-state index in [-0.39, 0.29) is 0 Å². The van der Waals surface area contributed by atoms with Gasteiger partial charge in [0.1, 0.15) is 5.69 Å². The monoisotopic (exact) mass is 151 g/mol. The Labute approximate surface area is 67.8 Å². The van der Waals surface area contributed by atoms with Crippen molar-refractivity contribution in [2.45, 2.75) is 0 Å². The molecule has 1 aromatic rings. The van der Waals surface area contributed by atoms with Crippen LogP contribution in [-0.2, 0) is 0 Å². The van der Waals surface area contributed by atoms with Crippen LogP contribution in [0.2, 0.25) is 0 Å². The van der Waals surface area contributed by atoms with E-state index in [4.69, 9.17) is 5.73 Å². The van der Waals surface area contributed by atoms with Crippen molar-refractivity contribution in [3.63, 3.8) is 0 Å². The molecule has 0 saturated carbocycles. The van der Waals surface area contributed by atoms with E-state index in [0.29, 0.717) is 0 Å². The van der Waals surface area contributed by atoms with Crippen molar-refractivity contribution in [1.29, 1.82) is 0 Å². The Morgan fingerprint density at radius 3 is 1.82 bits per heavy atom. The fourth-order valence-electron chi connectivity index (χ4n) is 0.922. The Morgan fingerprint density at radius 1 is 1.00 bits per heavy atom. The molecule has 0 bridgehead atoms. The van der Waals surface area contributed by atoms with Crippen molar-refractivity contribution in [3.8, 4) is 0 Å². The van der Waals surface area contributed by atoms with Crippen LogP contribution in [-0.4, -0.2) is 21.1 Å². The van der Waals surface area contributed by atoms with Crippen LogP contribution in [0.1, 0.15) is 0 Å². The Kier molecular flexibility index (Phi) is 1.87. The number of benzene rings is 1. The molecule has 2 heteroatoms. The van der Waals surface area contributed by atoms with Crippen molar-refractivity contribution in [3.05, 3.63) is 24.3 Å². The van der Waals surface area contributed by atoms with E-state index in [1.807, 2.05) is 12.1 Å². The molecule has 0 aliphatic carbocycles. The second-order valence-electron chi connectivity index (χ2n) is 3.60. The molecule has 0 aliphatic heterocycles. The Morgan fingerprint density at radius 2 is 1.45 bits per heavy atom. The number of hydrogen-bond acceptors (Lipinski definition) is 1. The van der Waals surface area contributed by atoms with Gasteiger partial charge in [-0.3, -0.25) is 4.48 Å². The lowest BCUT2D eigenvalue weighted by atomic mass is 10.2. The standard InChI is InChI=1S/C9H15N2/c1-11(2,3)9-6-4-8(10)5-7-9/h4-7H,10H2,1-3H3/q+1. The highest BCUT2D eigenvalue weighted by Crippen LogP contribution is 2.17. The van der Waals surface area contributed by atoms with Gasteiger partial charge in [0.25, 0.3) is 0 Å². The number of quaternary nitrogens is 1. The topological polar surface area (TPSA) is 26.0 Å². The summed E-state index contributed by atoms with van der Waals surface area (Å²) in [5, 5.41) is 0. The summed E-state index contributed by atoms with van der Waals surface area (Å²) in [6.07, 6.45) is 0. The van der Waals surface area contributed by atoms with E-state index in [1.54, 1.807) is 0 Å². The smallest absolute Gasteiger partial charge is 0.132 e. The number of rotatable bonds is 1. The average Bonchev–Trinajstić information content (AvgIpc) is 1.86. The third kappa shape index (κ3) is 1.95. The highest BCUT2D eigenvalue weighted by Gasteiger charge is 2.09. The van der Waals surface area contributed by atoms with Gasteiger partial charge in [-0.1, -0.05) is 0 Å². The van der Waals surface area contributed by atoms with Gasteiger partial charge in [0.05, 0.1) is 21.1 Å². The molecule has 1 rings (SSSR count). The lowest BCUT2D eigenvalue weighted by molar-refractivity contribution is 0.486. The van der Waals surface area contributed by atoms with Crippen LogP contribution >= 0.6 is 0 Å². The number of nitrogen functional groups attached to an aromatic ring is 1. The van der Waals surface area contributed by atoms with Gasteiger partial charge >= 0.3 is 0 Å². The zero-order valence-corrected chi connectivity index (χ0v) is 7.33. The summed E-state index contributed by atoms with van der Waals surface area (Å²) in [5.74, 6) is 0. The Bertz CT molecular complexity index is 231. The minimum Gasteiger partial charge on any atom is -0.399 e. The molecule has 0 amide bonds. The van der Waals surface area contributed by atoms with E-state index in [2.05, 4.69) is 33.3 Å². The van der Waals surface area contributed by atoms with E-state index in [0.717, 1.165) is 10.2 Å². The molecule has 0 fully saturated rings. The molecule has 0 atom stereocenters. The maximum Gasteiger partial charge on any atom is 0.132 e. The van der Waals surface area contributed by atoms with Crippen LogP contribution in [0.3, 0.4) is 0 Å². The molecule has 0 spiro atoms. The summed E-state index contributed by atoms with van der Waals surface area (Å²) >= 11 is 0.